The van der Waals surface area contributed by atoms with Crippen molar-refractivity contribution in [3.05, 3.63) is 47.5 Å². The molecule has 0 bridgehead atoms. The van der Waals surface area contributed by atoms with E-state index in [0.29, 0.717) is 34.1 Å². The predicted octanol–water partition coefficient (Wildman–Crippen LogP) is 2.41. The van der Waals surface area contributed by atoms with Crippen LogP contribution in [0, 0.1) is 0 Å². The van der Waals surface area contributed by atoms with Crippen molar-refractivity contribution in [2.45, 2.75) is 0 Å². The van der Waals surface area contributed by atoms with Crippen LogP contribution in [0.3, 0.4) is 0 Å². The third-order valence-electron chi connectivity index (χ3n) is 3.44. The number of ether oxygens (including phenoxy) is 4. The molecule has 0 aromatic heterocycles. The van der Waals surface area contributed by atoms with Crippen molar-refractivity contribution in [3.63, 3.8) is 0 Å². The molecule has 25 heavy (non-hydrogen) atoms. The summed E-state index contributed by atoms with van der Waals surface area (Å²) >= 11 is -0.955. The number of rotatable bonds is 8. The van der Waals surface area contributed by atoms with Crippen LogP contribution in [0.25, 0.3) is 0 Å². The average Bonchev–Trinajstić information content (AvgIpc) is 2.66. The van der Waals surface area contributed by atoms with Crippen LogP contribution in [0.15, 0.2) is 36.4 Å². The molecule has 2 rings (SSSR count). The van der Waals surface area contributed by atoms with E-state index in [1.807, 2.05) is 0 Å². The number of carbonyl (C=O) groups excluding carboxylic acids is 2. The van der Waals surface area contributed by atoms with Gasteiger partial charge in [-0.15, -0.1) is 0 Å². The zero-order chi connectivity index (χ0) is 18.4. The first-order valence-electron chi connectivity index (χ1n) is 7.24. The van der Waals surface area contributed by atoms with Gasteiger partial charge in [0.2, 0.25) is 0 Å². The van der Waals surface area contributed by atoms with Crippen LogP contribution in [-0.4, -0.2) is 52.8 Å². The molecule has 2 aromatic carbocycles. The molecule has 0 aliphatic heterocycles. The Kier molecular flexibility index (Phi) is 6.44. The molecule has 0 atom stereocenters. The second-order valence-corrected chi connectivity index (χ2v) is 6.79. The Morgan fingerprint density at radius 1 is 0.680 bits per heavy atom. The van der Waals surface area contributed by atoms with Gasteiger partial charge >= 0.3 is 152 Å². The Morgan fingerprint density at radius 2 is 1.08 bits per heavy atom. The van der Waals surface area contributed by atoms with Gasteiger partial charge in [0.05, 0.1) is 0 Å². The van der Waals surface area contributed by atoms with Gasteiger partial charge < -0.3 is 0 Å². The molecular formula is C18H18O6Se. The predicted molar refractivity (Wildman–Crippen MR) is 93.5 cm³/mol. The third kappa shape index (κ3) is 4.32. The molecule has 0 spiro atoms. The molecule has 7 heteroatoms. The number of carbonyl (C=O) groups is 2. The van der Waals surface area contributed by atoms with E-state index in [0.717, 1.165) is 0 Å². The van der Waals surface area contributed by atoms with Gasteiger partial charge in [0.1, 0.15) is 0 Å². The Balaban J connectivity index is 2.25. The summed E-state index contributed by atoms with van der Waals surface area (Å²) in [4.78, 5) is 25.1. The molecule has 0 saturated carbocycles. The van der Waals surface area contributed by atoms with E-state index in [9.17, 15) is 9.59 Å². The Labute approximate surface area is 152 Å². The Bertz CT molecular complexity index is 722. The minimum absolute atomic E-state index is 0.283. The third-order valence-corrected chi connectivity index (χ3v) is 5.14. The standard InChI is InChI=1S/C18H18O6Se/c1-21-11-5-7-13(15(9-11)23-3)17(19)25-18(20)14-8-6-12(22-2)10-16(14)24-4/h5-10H,1-4H3. The summed E-state index contributed by atoms with van der Waals surface area (Å²) in [5, 5.41) is 0. The summed E-state index contributed by atoms with van der Waals surface area (Å²) in [7, 11) is 5.99. The van der Waals surface area contributed by atoms with Gasteiger partial charge in [-0.1, -0.05) is 0 Å². The fourth-order valence-electron chi connectivity index (χ4n) is 2.13. The molecule has 2 aromatic rings. The van der Waals surface area contributed by atoms with Crippen LogP contribution < -0.4 is 18.9 Å². The van der Waals surface area contributed by atoms with Crippen LogP contribution in [0.4, 0.5) is 0 Å². The van der Waals surface area contributed by atoms with E-state index in [1.165, 1.54) is 28.4 Å². The molecule has 0 unspecified atom stereocenters. The molecule has 0 amide bonds. The van der Waals surface area contributed by atoms with Gasteiger partial charge in [0, 0.05) is 0 Å². The normalized spacial score (nSPS) is 10.1. The van der Waals surface area contributed by atoms with Crippen molar-refractivity contribution in [2.75, 3.05) is 28.4 Å². The number of methoxy groups -OCH3 is 4. The summed E-state index contributed by atoms with van der Waals surface area (Å²) < 4.78 is 20.1. The molecule has 0 saturated heterocycles. The Morgan fingerprint density at radius 3 is 1.40 bits per heavy atom. The monoisotopic (exact) mass is 410 g/mol. The summed E-state index contributed by atoms with van der Waals surface area (Å²) in [5.41, 5.74) is 0.702. The average molecular weight is 409 g/mol. The summed E-state index contributed by atoms with van der Waals surface area (Å²) in [6.45, 7) is 0. The zero-order valence-electron chi connectivity index (χ0n) is 14.3. The molecule has 0 heterocycles. The van der Waals surface area contributed by atoms with Crippen LogP contribution in [0.2, 0.25) is 0 Å². The van der Waals surface area contributed by atoms with E-state index in [2.05, 4.69) is 0 Å². The van der Waals surface area contributed by atoms with Crippen molar-refractivity contribution in [1.29, 1.82) is 0 Å². The van der Waals surface area contributed by atoms with E-state index in [4.69, 9.17) is 18.9 Å². The second kappa shape index (κ2) is 8.55. The first-order chi connectivity index (χ1) is 12.0. The molecule has 0 fully saturated rings. The summed E-state index contributed by atoms with van der Waals surface area (Å²) in [5.74, 6) is 1.90. The van der Waals surface area contributed by atoms with E-state index in [-0.39, 0.29) is 9.36 Å². The number of hydrogen-bond acceptors (Lipinski definition) is 6. The Hall–Kier alpha value is -2.50. The minimum atomic E-state index is -0.955. The fraction of sp³-hybridized carbons (Fsp3) is 0.222. The van der Waals surface area contributed by atoms with Crippen molar-refractivity contribution in [3.8, 4) is 23.0 Å². The number of benzene rings is 2. The van der Waals surface area contributed by atoms with Gasteiger partial charge in [0.25, 0.3) is 0 Å². The molecule has 0 N–H and O–H groups in total. The molecule has 0 aliphatic carbocycles. The van der Waals surface area contributed by atoms with Crippen molar-refractivity contribution in [1.82, 2.24) is 0 Å². The van der Waals surface area contributed by atoms with Crippen molar-refractivity contribution < 1.29 is 28.5 Å². The fourth-order valence-corrected chi connectivity index (χ4v) is 3.65. The van der Waals surface area contributed by atoms with Crippen LogP contribution >= 0.6 is 0 Å². The quantitative estimate of drug-likeness (QED) is 0.624. The summed E-state index contributed by atoms with van der Waals surface area (Å²) in [6, 6.07) is 9.73. The second-order valence-electron chi connectivity index (χ2n) is 4.81. The van der Waals surface area contributed by atoms with Crippen LogP contribution in [-0.2, 0) is 0 Å². The summed E-state index contributed by atoms with van der Waals surface area (Å²) in [6.07, 6.45) is 0. The SMILES string of the molecule is COc1ccc(C(=O)[Se]C(=O)c2ccc(OC)cc2OC)c(OC)c1. The van der Waals surface area contributed by atoms with Crippen LogP contribution in [0.5, 0.6) is 23.0 Å². The number of hydrogen-bond donors (Lipinski definition) is 0. The van der Waals surface area contributed by atoms with Crippen molar-refractivity contribution >= 4 is 24.3 Å². The topological polar surface area (TPSA) is 71.1 Å². The van der Waals surface area contributed by atoms with E-state index < -0.39 is 15.0 Å². The first kappa shape index (κ1) is 18.8. The molecule has 132 valence electrons. The van der Waals surface area contributed by atoms with Gasteiger partial charge in [0.15, 0.2) is 0 Å². The molecule has 0 radical (unpaired) electrons. The van der Waals surface area contributed by atoms with Crippen LogP contribution in [0.1, 0.15) is 20.7 Å². The molecule has 6 nitrogen and oxygen atoms in total. The molecular weight excluding hydrogens is 391 g/mol. The van der Waals surface area contributed by atoms with Gasteiger partial charge in [-0.3, -0.25) is 0 Å². The first-order valence-corrected chi connectivity index (χ1v) is 8.96. The zero-order valence-corrected chi connectivity index (χ0v) is 16.0. The maximum absolute atomic E-state index is 12.6. The van der Waals surface area contributed by atoms with E-state index in [1.54, 1.807) is 36.4 Å². The molecule has 0 aliphatic rings. The van der Waals surface area contributed by atoms with Gasteiger partial charge in [-0.05, 0) is 0 Å². The van der Waals surface area contributed by atoms with Gasteiger partial charge in [-0.2, -0.15) is 0 Å². The van der Waals surface area contributed by atoms with Crippen molar-refractivity contribution in [2.24, 2.45) is 0 Å². The van der Waals surface area contributed by atoms with E-state index >= 15 is 0 Å². The maximum atomic E-state index is 12.6. The van der Waals surface area contributed by atoms with Gasteiger partial charge in [-0.25, -0.2) is 0 Å².